The number of hydrogen-bond acceptors (Lipinski definition) is 4. The quantitative estimate of drug-likeness (QED) is 0.383. The molecule has 0 unspecified atom stereocenters. The summed E-state index contributed by atoms with van der Waals surface area (Å²) >= 11 is 0. The van der Waals surface area contributed by atoms with Crippen LogP contribution in [0.3, 0.4) is 0 Å². The van der Waals surface area contributed by atoms with Crippen LogP contribution in [0.5, 0.6) is 0 Å². The molecule has 7 nitrogen and oxygen atoms in total. The monoisotopic (exact) mass is 447 g/mol. The Morgan fingerprint density at radius 2 is 1.73 bits per heavy atom. The number of carbonyl (C=O) groups excluding carboxylic acids is 4. The Kier molecular flexibility index (Phi) is 8.94. The van der Waals surface area contributed by atoms with Gasteiger partial charge >= 0.3 is 0 Å². The average molecular weight is 448 g/mol. The number of carbonyl (C=O) groups is 4. The van der Waals surface area contributed by atoms with Crippen LogP contribution >= 0.6 is 0 Å². The van der Waals surface area contributed by atoms with Crippen molar-refractivity contribution in [2.75, 3.05) is 6.54 Å². The third-order valence-electron chi connectivity index (χ3n) is 5.57. The van der Waals surface area contributed by atoms with Crippen LogP contribution in [0.15, 0.2) is 66.7 Å². The van der Waals surface area contributed by atoms with E-state index in [0.717, 1.165) is 17.5 Å². The van der Waals surface area contributed by atoms with Gasteiger partial charge in [-0.25, -0.2) is 0 Å². The number of nitrogens with one attached hydrogen (secondary N) is 3. The van der Waals surface area contributed by atoms with Crippen LogP contribution in [0.25, 0.3) is 6.08 Å². The molecule has 0 spiro atoms. The van der Waals surface area contributed by atoms with Crippen LogP contribution in [0.2, 0.25) is 0 Å². The van der Waals surface area contributed by atoms with Gasteiger partial charge in [0.2, 0.25) is 17.7 Å². The molecule has 2 aromatic carbocycles. The normalized spacial score (nSPS) is 17.6. The summed E-state index contributed by atoms with van der Waals surface area (Å²) in [4.78, 5) is 49.3. The molecule has 172 valence electrons. The molecular weight excluding hydrogens is 418 g/mol. The second-order valence-corrected chi connectivity index (χ2v) is 8.11. The molecule has 3 rings (SSSR count). The minimum absolute atomic E-state index is 0.0949. The van der Waals surface area contributed by atoms with Crippen LogP contribution in [-0.2, 0) is 25.6 Å². The highest BCUT2D eigenvalue weighted by atomic mass is 16.2. The fourth-order valence-electron chi connectivity index (χ4n) is 3.81. The van der Waals surface area contributed by atoms with Crippen molar-refractivity contribution in [2.24, 2.45) is 5.92 Å². The number of benzene rings is 2. The molecule has 0 radical (unpaired) electrons. The van der Waals surface area contributed by atoms with E-state index >= 15 is 0 Å². The maximum absolute atomic E-state index is 13.0. The van der Waals surface area contributed by atoms with Crippen LogP contribution in [0, 0.1) is 5.92 Å². The molecule has 2 aromatic rings. The second-order valence-electron chi connectivity index (χ2n) is 8.11. The van der Waals surface area contributed by atoms with Gasteiger partial charge in [0.25, 0.3) is 0 Å². The summed E-state index contributed by atoms with van der Waals surface area (Å²) in [5, 5.41) is 8.24. The molecule has 3 amide bonds. The molecular formula is C26H29N3O4. The predicted molar refractivity (Wildman–Crippen MR) is 126 cm³/mol. The largest absolute Gasteiger partial charge is 0.356 e. The Hall–Kier alpha value is -3.74. The first kappa shape index (κ1) is 23.9. The standard InChI is InChI=1S/C26H29N3O4/c30-18-22(17-21-12-7-15-27-25(21)32)28-26(33)23(16-20-10-5-2-6-11-20)29-24(31)14-13-19-8-3-1-4-9-19/h1-6,8-11,13-14,18,21-23H,7,12,15-17H2,(H,27,32)(H,28,33)(H,29,31)/b14-13+/t21-,22+,23-/m0/s1. The number of amides is 3. The molecule has 7 heteroatoms. The molecule has 3 atom stereocenters. The third kappa shape index (κ3) is 7.71. The summed E-state index contributed by atoms with van der Waals surface area (Å²) < 4.78 is 0. The number of piperidine rings is 1. The van der Waals surface area contributed by atoms with Gasteiger partial charge in [0.15, 0.2) is 0 Å². The highest BCUT2D eigenvalue weighted by Crippen LogP contribution is 2.17. The lowest BCUT2D eigenvalue weighted by Gasteiger charge is -2.25. The van der Waals surface area contributed by atoms with Crippen LogP contribution in [0.4, 0.5) is 0 Å². The zero-order valence-electron chi connectivity index (χ0n) is 18.4. The fourth-order valence-corrected chi connectivity index (χ4v) is 3.81. The molecule has 0 saturated carbocycles. The van der Waals surface area contributed by atoms with Crippen molar-refractivity contribution < 1.29 is 19.2 Å². The second kappa shape index (κ2) is 12.3. The summed E-state index contributed by atoms with van der Waals surface area (Å²) in [6, 6.07) is 17.0. The lowest BCUT2D eigenvalue weighted by Crippen LogP contribution is -2.51. The average Bonchev–Trinajstić information content (AvgIpc) is 2.84. The fraction of sp³-hybridized carbons (Fsp3) is 0.308. The molecule has 1 fully saturated rings. The van der Waals surface area contributed by atoms with Gasteiger partial charge < -0.3 is 20.7 Å². The molecule has 33 heavy (non-hydrogen) atoms. The van der Waals surface area contributed by atoms with Gasteiger partial charge in [-0.1, -0.05) is 60.7 Å². The minimum atomic E-state index is -0.872. The van der Waals surface area contributed by atoms with E-state index in [1.165, 1.54) is 6.08 Å². The SMILES string of the molecule is O=C[C@@H](C[C@@H]1CCCNC1=O)NC(=O)[C@H](Cc1ccccc1)NC(=O)/C=C/c1ccccc1. The number of aldehydes is 1. The van der Waals surface area contributed by atoms with Crippen molar-refractivity contribution in [1.82, 2.24) is 16.0 Å². The summed E-state index contributed by atoms with van der Waals surface area (Å²) in [6.45, 7) is 0.634. The van der Waals surface area contributed by atoms with Crippen molar-refractivity contribution in [2.45, 2.75) is 37.8 Å². The van der Waals surface area contributed by atoms with E-state index in [1.807, 2.05) is 60.7 Å². The smallest absolute Gasteiger partial charge is 0.244 e. The Morgan fingerprint density at radius 3 is 2.39 bits per heavy atom. The van der Waals surface area contributed by atoms with E-state index in [1.54, 1.807) is 6.08 Å². The molecule has 0 bridgehead atoms. The molecule has 1 aliphatic heterocycles. The molecule has 3 N–H and O–H groups in total. The van der Waals surface area contributed by atoms with Crippen molar-refractivity contribution in [3.8, 4) is 0 Å². The van der Waals surface area contributed by atoms with Crippen molar-refractivity contribution >= 4 is 30.1 Å². The van der Waals surface area contributed by atoms with E-state index < -0.39 is 23.9 Å². The topological polar surface area (TPSA) is 104 Å². The van der Waals surface area contributed by atoms with Crippen LogP contribution in [0.1, 0.15) is 30.4 Å². The summed E-state index contributed by atoms with van der Waals surface area (Å²) in [7, 11) is 0. The van der Waals surface area contributed by atoms with E-state index in [0.29, 0.717) is 19.3 Å². The highest BCUT2D eigenvalue weighted by Gasteiger charge is 2.28. The van der Waals surface area contributed by atoms with Crippen LogP contribution in [-0.4, -0.2) is 42.6 Å². The third-order valence-corrected chi connectivity index (χ3v) is 5.57. The van der Waals surface area contributed by atoms with Gasteiger partial charge in [0, 0.05) is 25.0 Å². The van der Waals surface area contributed by atoms with Crippen molar-refractivity contribution in [3.05, 3.63) is 77.9 Å². The maximum Gasteiger partial charge on any atom is 0.244 e. The van der Waals surface area contributed by atoms with Crippen molar-refractivity contribution in [1.29, 1.82) is 0 Å². The summed E-state index contributed by atoms with van der Waals surface area (Å²) in [6.07, 6.45) is 5.73. The lowest BCUT2D eigenvalue weighted by atomic mass is 9.92. The first-order chi connectivity index (χ1) is 16.0. The Labute approximate surface area is 193 Å². The first-order valence-corrected chi connectivity index (χ1v) is 11.2. The van der Waals surface area contributed by atoms with Gasteiger partial charge in [-0.15, -0.1) is 0 Å². The number of hydrogen-bond donors (Lipinski definition) is 3. The summed E-state index contributed by atoms with van der Waals surface area (Å²) in [5.41, 5.74) is 1.74. The van der Waals surface area contributed by atoms with E-state index in [2.05, 4.69) is 16.0 Å². The van der Waals surface area contributed by atoms with Crippen LogP contribution < -0.4 is 16.0 Å². The molecule has 1 aliphatic rings. The van der Waals surface area contributed by atoms with E-state index in [9.17, 15) is 19.2 Å². The predicted octanol–water partition coefficient (Wildman–Crippen LogP) is 2.03. The zero-order chi connectivity index (χ0) is 23.5. The Balaban J connectivity index is 1.67. The Bertz CT molecular complexity index is 976. The van der Waals surface area contributed by atoms with Gasteiger partial charge in [-0.3, -0.25) is 14.4 Å². The van der Waals surface area contributed by atoms with Gasteiger partial charge in [-0.05, 0) is 36.5 Å². The van der Waals surface area contributed by atoms with E-state index in [4.69, 9.17) is 0 Å². The maximum atomic E-state index is 13.0. The zero-order valence-corrected chi connectivity index (χ0v) is 18.4. The molecule has 0 aromatic heterocycles. The van der Waals surface area contributed by atoms with Crippen molar-refractivity contribution in [3.63, 3.8) is 0 Å². The number of rotatable bonds is 10. The lowest BCUT2D eigenvalue weighted by molar-refractivity contribution is -0.130. The minimum Gasteiger partial charge on any atom is -0.356 e. The molecule has 0 aliphatic carbocycles. The Morgan fingerprint density at radius 1 is 1.03 bits per heavy atom. The van der Waals surface area contributed by atoms with Gasteiger partial charge in [0.1, 0.15) is 12.3 Å². The van der Waals surface area contributed by atoms with Gasteiger partial charge in [-0.2, -0.15) is 0 Å². The highest BCUT2D eigenvalue weighted by molar-refractivity contribution is 5.96. The summed E-state index contributed by atoms with van der Waals surface area (Å²) in [5.74, 6) is -1.29. The van der Waals surface area contributed by atoms with E-state index in [-0.39, 0.29) is 24.7 Å². The first-order valence-electron chi connectivity index (χ1n) is 11.2. The van der Waals surface area contributed by atoms with Gasteiger partial charge in [0.05, 0.1) is 6.04 Å². The molecule has 1 heterocycles. The molecule has 1 saturated heterocycles.